The predicted molar refractivity (Wildman–Crippen MR) is 45.5 cm³/mol. The molecule has 0 bridgehead atoms. The van der Waals surface area contributed by atoms with Crippen molar-refractivity contribution in [3.8, 4) is 5.75 Å². The van der Waals surface area contributed by atoms with Gasteiger partial charge >= 0.3 is 0 Å². The van der Waals surface area contributed by atoms with Gasteiger partial charge in [-0.2, -0.15) is 0 Å². The second-order valence-corrected chi connectivity index (χ2v) is 2.41. The molecule has 0 aliphatic carbocycles. The van der Waals surface area contributed by atoms with Gasteiger partial charge in [-0.15, -0.1) is 0 Å². The molecule has 0 saturated carbocycles. The van der Waals surface area contributed by atoms with Crippen LogP contribution in [-0.4, -0.2) is 17.9 Å². The molecule has 0 spiro atoms. The van der Waals surface area contributed by atoms with Gasteiger partial charge in [0.15, 0.2) is 0 Å². The van der Waals surface area contributed by atoms with Crippen molar-refractivity contribution in [1.82, 2.24) is 5.32 Å². The molecule has 0 saturated heterocycles. The Bertz CT molecular complexity index is 243. The van der Waals surface area contributed by atoms with E-state index in [0.29, 0.717) is 6.54 Å². The van der Waals surface area contributed by atoms with E-state index in [2.05, 4.69) is 5.32 Å². The average Bonchev–Trinajstić information content (AvgIpc) is 2.09. The molecular formula is C9H10NO2. The first-order valence-electron chi connectivity index (χ1n) is 3.66. The third-order valence-electron chi connectivity index (χ3n) is 1.46. The van der Waals surface area contributed by atoms with Gasteiger partial charge in [0, 0.05) is 6.54 Å². The fourth-order valence-corrected chi connectivity index (χ4v) is 0.872. The number of rotatable bonds is 4. The Hall–Kier alpha value is -1.35. The number of phenolic OH excluding ortho intramolecular Hbond substituents is 1. The maximum atomic E-state index is 9.82. The van der Waals surface area contributed by atoms with E-state index in [4.69, 9.17) is 5.11 Å². The monoisotopic (exact) mass is 164 g/mol. The normalized spacial score (nSPS) is 9.67. The van der Waals surface area contributed by atoms with Crippen molar-refractivity contribution < 1.29 is 9.90 Å². The van der Waals surface area contributed by atoms with Gasteiger partial charge in [-0.25, -0.2) is 0 Å². The number of aromatic hydroxyl groups is 1. The first-order chi connectivity index (χ1) is 5.83. The zero-order chi connectivity index (χ0) is 8.81. The first-order valence-corrected chi connectivity index (χ1v) is 3.66. The number of nitrogens with one attached hydrogen (secondary N) is 1. The van der Waals surface area contributed by atoms with Crippen LogP contribution < -0.4 is 5.32 Å². The third kappa shape index (κ3) is 2.72. The summed E-state index contributed by atoms with van der Waals surface area (Å²) in [6.07, 6.45) is 1.74. The van der Waals surface area contributed by atoms with Crippen LogP contribution in [-0.2, 0) is 11.3 Å². The van der Waals surface area contributed by atoms with E-state index in [1.807, 2.05) is 0 Å². The lowest BCUT2D eigenvalue weighted by molar-refractivity contribution is 0.475. The van der Waals surface area contributed by atoms with E-state index < -0.39 is 0 Å². The van der Waals surface area contributed by atoms with E-state index >= 15 is 0 Å². The minimum atomic E-state index is 0.237. The molecule has 3 nitrogen and oxygen atoms in total. The molecule has 1 aromatic rings. The highest BCUT2D eigenvalue weighted by Crippen LogP contribution is 2.08. The lowest BCUT2D eigenvalue weighted by Gasteiger charge is -2.00. The molecule has 63 valence electrons. The minimum Gasteiger partial charge on any atom is -0.508 e. The van der Waals surface area contributed by atoms with E-state index in [9.17, 15) is 4.79 Å². The van der Waals surface area contributed by atoms with Crippen molar-refractivity contribution in [1.29, 1.82) is 0 Å². The molecule has 0 atom stereocenters. The summed E-state index contributed by atoms with van der Waals surface area (Å²) in [5.41, 5.74) is 1.03. The van der Waals surface area contributed by atoms with E-state index in [1.54, 1.807) is 30.6 Å². The highest BCUT2D eigenvalue weighted by atomic mass is 16.3. The van der Waals surface area contributed by atoms with Gasteiger partial charge in [0.1, 0.15) is 5.75 Å². The number of benzene rings is 1. The van der Waals surface area contributed by atoms with Crippen LogP contribution in [0.5, 0.6) is 5.75 Å². The minimum absolute atomic E-state index is 0.237. The Labute approximate surface area is 71.0 Å². The summed E-state index contributed by atoms with van der Waals surface area (Å²) in [6, 6.07) is 6.82. The Kier molecular flexibility index (Phi) is 3.29. The van der Waals surface area contributed by atoms with Crippen LogP contribution in [0.25, 0.3) is 0 Å². The van der Waals surface area contributed by atoms with Crippen molar-refractivity contribution in [2.75, 3.05) is 6.54 Å². The molecule has 12 heavy (non-hydrogen) atoms. The molecule has 0 unspecified atom stereocenters. The molecule has 0 heterocycles. The maximum Gasteiger partial charge on any atom is 0.213 e. The molecule has 0 aliphatic heterocycles. The molecule has 0 fully saturated rings. The molecule has 0 amide bonds. The fourth-order valence-electron chi connectivity index (χ4n) is 0.872. The van der Waals surface area contributed by atoms with Gasteiger partial charge < -0.3 is 10.4 Å². The zero-order valence-corrected chi connectivity index (χ0v) is 6.58. The highest BCUT2D eigenvalue weighted by Gasteiger charge is 1.91. The Morgan fingerprint density at radius 3 is 2.58 bits per heavy atom. The Morgan fingerprint density at radius 1 is 1.33 bits per heavy atom. The Balaban J connectivity index is 2.42. The topological polar surface area (TPSA) is 49.3 Å². The van der Waals surface area contributed by atoms with Crippen molar-refractivity contribution in [2.24, 2.45) is 0 Å². The van der Waals surface area contributed by atoms with Crippen molar-refractivity contribution in [2.45, 2.75) is 6.54 Å². The van der Waals surface area contributed by atoms with Crippen molar-refractivity contribution in [3.63, 3.8) is 0 Å². The summed E-state index contributed by atoms with van der Waals surface area (Å²) >= 11 is 0. The summed E-state index contributed by atoms with van der Waals surface area (Å²) in [7, 11) is 0. The summed E-state index contributed by atoms with van der Waals surface area (Å²) in [5, 5.41) is 11.8. The zero-order valence-electron chi connectivity index (χ0n) is 6.58. The summed E-state index contributed by atoms with van der Waals surface area (Å²) < 4.78 is 0. The standard InChI is InChI=1S/C9H10NO2/c11-6-5-10-7-8-1-3-9(12)4-2-8/h1-4,10,12H,5,7H2. The van der Waals surface area contributed by atoms with Gasteiger partial charge in [0.2, 0.25) is 6.29 Å². The molecule has 3 heteroatoms. The van der Waals surface area contributed by atoms with Gasteiger partial charge in [-0.05, 0) is 17.7 Å². The molecule has 1 aromatic carbocycles. The van der Waals surface area contributed by atoms with Crippen molar-refractivity contribution >= 4 is 6.29 Å². The van der Waals surface area contributed by atoms with Crippen LogP contribution in [0.2, 0.25) is 0 Å². The number of phenols is 1. The second kappa shape index (κ2) is 4.51. The number of hydrogen-bond donors (Lipinski definition) is 2. The van der Waals surface area contributed by atoms with Crippen LogP contribution in [0.1, 0.15) is 5.56 Å². The van der Waals surface area contributed by atoms with Crippen LogP contribution >= 0.6 is 0 Å². The van der Waals surface area contributed by atoms with E-state index in [0.717, 1.165) is 5.56 Å². The van der Waals surface area contributed by atoms with Gasteiger partial charge in [-0.1, -0.05) is 12.1 Å². The third-order valence-corrected chi connectivity index (χ3v) is 1.46. The first kappa shape index (κ1) is 8.74. The lowest BCUT2D eigenvalue weighted by atomic mass is 10.2. The maximum absolute atomic E-state index is 9.82. The van der Waals surface area contributed by atoms with Gasteiger partial charge in [0.05, 0.1) is 6.54 Å². The number of carbonyl (C=O) groups excluding carboxylic acids is 1. The quantitative estimate of drug-likeness (QED) is 0.640. The largest absolute Gasteiger partial charge is 0.508 e. The number of hydrogen-bond acceptors (Lipinski definition) is 3. The summed E-state index contributed by atoms with van der Waals surface area (Å²) in [4.78, 5) is 9.82. The second-order valence-electron chi connectivity index (χ2n) is 2.41. The molecule has 1 radical (unpaired) electrons. The SMILES string of the molecule is O=[C]CNCc1ccc(O)cc1. The van der Waals surface area contributed by atoms with Gasteiger partial charge in [-0.3, -0.25) is 4.79 Å². The predicted octanol–water partition coefficient (Wildman–Crippen LogP) is 0.591. The van der Waals surface area contributed by atoms with Crippen LogP contribution in [0.3, 0.4) is 0 Å². The van der Waals surface area contributed by atoms with E-state index in [-0.39, 0.29) is 12.3 Å². The fraction of sp³-hybridized carbons (Fsp3) is 0.222. The highest BCUT2D eigenvalue weighted by molar-refractivity contribution is 5.52. The molecule has 0 aliphatic rings. The Morgan fingerprint density at radius 2 is 2.00 bits per heavy atom. The van der Waals surface area contributed by atoms with Crippen LogP contribution in [0.15, 0.2) is 24.3 Å². The summed E-state index contributed by atoms with van der Waals surface area (Å²) in [6.45, 7) is 0.858. The smallest absolute Gasteiger partial charge is 0.213 e. The molecular weight excluding hydrogens is 154 g/mol. The van der Waals surface area contributed by atoms with Crippen LogP contribution in [0, 0.1) is 0 Å². The summed E-state index contributed by atoms with van der Waals surface area (Å²) in [5.74, 6) is 0.251. The molecule has 2 N–H and O–H groups in total. The van der Waals surface area contributed by atoms with E-state index in [1.165, 1.54) is 0 Å². The molecule has 1 rings (SSSR count). The lowest BCUT2D eigenvalue weighted by Crippen LogP contribution is -2.15. The van der Waals surface area contributed by atoms with Crippen molar-refractivity contribution in [3.05, 3.63) is 29.8 Å². The van der Waals surface area contributed by atoms with Gasteiger partial charge in [0.25, 0.3) is 0 Å². The molecule has 0 aromatic heterocycles. The average molecular weight is 164 g/mol. The van der Waals surface area contributed by atoms with Crippen LogP contribution in [0.4, 0.5) is 0 Å².